The SMILES string of the molecule is [2H]c1c([2H])c(-c2cc3ccccc3c3ccccc23)c([2H])c([2H])c1C. The molecule has 0 heteroatoms. The molecule has 4 aromatic carbocycles. The van der Waals surface area contributed by atoms with Gasteiger partial charge in [0.15, 0.2) is 0 Å². The van der Waals surface area contributed by atoms with Crippen LogP contribution >= 0.6 is 0 Å². The average molecular weight is 272 g/mol. The van der Waals surface area contributed by atoms with Gasteiger partial charge in [0, 0.05) is 0 Å². The number of hydrogen-bond donors (Lipinski definition) is 0. The Morgan fingerprint density at radius 1 is 0.714 bits per heavy atom. The van der Waals surface area contributed by atoms with Gasteiger partial charge in [-0.2, -0.15) is 0 Å². The molecule has 0 fully saturated rings. The fourth-order valence-electron chi connectivity index (χ4n) is 2.77. The summed E-state index contributed by atoms with van der Waals surface area (Å²) >= 11 is 0. The fraction of sp³-hybridized carbons (Fsp3) is 0.0476. The highest BCUT2D eigenvalue weighted by molar-refractivity contribution is 6.13. The van der Waals surface area contributed by atoms with Gasteiger partial charge in [0.2, 0.25) is 0 Å². The summed E-state index contributed by atoms with van der Waals surface area (Å²) in [6, 6.07) is 18.0. The van der Waals surface area contributed by atoms with Crippen LogP contribution < -0.4 is 0 Å². The van der Waals surface area contributed by atoms with Gasteiger partial charge in [-0.05, 0) is 45.7 Å². The quantitative estimate of drug-likeness (QED) is 0.374. The van der Waals surface area contributed by atoms with E-state index in [1.807, 2.05) is 48.5 Å². The Balaban J connectivity index is 2.22. The van der Waals surface area contributed by atoms with Crippen molar-refractivity contribution >= 4 is 21.5 Å². The third-order valence-electron chi connectivity index (χ3n) is 3.79. The van der Waals surface area contributed by atoms with E-state index in [0.717, 1.165) is 27.1 Å². The molecule has 0 aliphatic carbocycles. The monoisotopic (exact) mass is 272 g/mol. The van der Waals surface area contributed by atoms with Gasteiger partial charge in [-0.15, -0.1) is 0 Å². The summed E-state index contributed by atoms with van der Waals surface area (Å²) in [6.45, 7) is 1.63. The first-order valence-electron chi connectivity index (χ1n) is 8.98. The van der Waals surface area contributed by atoms with Crippen LogP contribution in [0.25, 0.3) is 32.7 Å². The zero-order valence-electron chi connectivity index (χ0n) is 15.7. The Hall–Kier alpha value is -2.60. The Bertz CT molecular complexity index is 1120. The molecule has 0 saturated carbocycles. The first kappa shape index (κ1) is 8.63. The van der Waals surface area contributed by atoms with Crippen LogP contribution in [0.15, 0.2) is 78.8 Å². The molecule has 0 nitrogen and oxygen atoms in total. The molecule has 0 aliphatic heterocycles. The largest absolute Gasteiger partial charge is 0.0629 e. The van der Waals surface area contributed by atoms with Crippen molar-refractivity contribution in [2.24, 2.45) is 0 Å². The molecule has 0 heterocycles. The number of hydrogen-bond acceptors (Lipinski definition) is 0. The van der Waals surface area contributed by atoms with E-state index in [4.69, 9.17) is 5.48 Å². The van der Waals surface area contributed by atoms with Crippen LogP contribution in [0, 0.1) is 6.92 Å². The van der Waals surface area contributed by atoms with E-state index in [9.17, 15) is 0 Å². The summed E-state index contributed by atoms with van der Waals surface area (Å²) in [5.74, 6) is 0. The summed E-state index contributed by atoms with van der Waals surface area (Å²) in [4.78, 5) is 0. The van der Waals surface area contributed by atoms with Gasteiger partial charge < -0.3 is 0 Å². The maximum absolute atomic E-state index is 8.40. The highest BCUT2D eigenvalue weighted by Gasteiger charge is 2.07. The molecule has 0 atom stereocenters. The lowest BCUT2D eigenvalue weighted by Gasteiger charge is -2.11. The van der Waals surface area contributed by atoms with Gasteiger partial charge in [0.05, 0.1) is 5.48 Å². The minimum Gasteiger partial charge on any atom is -0.0616 e. The van der Waals surface area contributed by atoms with Crippen LogP contribution in [-0.4, -0.2) is 0 Å². The summed E-state index contributed by atoms with van der Waals surface area (Å²) in [6.07, 6.45) is 0. The van der Waals surface area contributed by atoms with Crippen molar-refractivity contribution in [3.63, 3.8) is 0 Å². The van der Waals surface area contributed by atoms with Crippen LogP contribution in [0.4, 0.5) is 0 Å². The summed E-state index contributed by atoms with van der Waals surface area (Å²) in [5.41, 5.74) is 1.48. The predicted octanol–water partition coefficient (Wildman–Crippen LogP) is 5.97. The van der Waals surface area contributed by atoms with E-state index < -0.39 is 0 Å². The zero-order chi connectivity index (χ0) is 17.7. The lowest BCUT2D eigenvalue weighted by molar-refractivity contribution is 1.47. The molecule has 0 N–H and O–H groups in total. The topological polar surface area (TPSA) is 0 Å². The molecule has 21 heavy (non-hydrogen) atoms. The van der Waals surface area contributed by atoms with Crippen molar-refractivity contribution < 1.29 is 5.48 Å². The predicted molar refractivity (Wildman–Crippen MR) is 91.6 cm³/mol. The minimum atomic E-state index is 0.0129. The molecular weight excluding hydrogens is 252 g/mol. The van der Waals surface area contributed by atoms with Crippen LogP contribution in [0.1, 0.15) is 11.0 Å². The average Bonchev–Trinajstić information content (AvgIpc) is 2.65. The second-order valence-electron chi connectivity index (χ2n) is 5.19. The van der Waals surface area contributed by atoms with Crippen molar-refractivity contribution in [2.45, 2.75) is 6.92 Å². The molecule has 0 saturated heterocycles. The summed E-state index contributed by atoms with van der Waals surface area (Å²) in [5, 5.41) is 4.12. The lowest BCUT2D eigenvalue weighted by Crippen LogP contribution is -1.84. The molecule has 0 amide bonds. The zero-order valence-corrected chi connectivity index (χ0v) is 11.7. The highest BCUT2D eigenvalue weighted by Crippen LogP contribution is 2.34. The summed E-state index contributed by atoms with van der Waals surface area (Å²) < 4.78 is 33.1. The molecule has 4 rings (SSSR count). The van der Waals surface area contributed by atoms with Crippen molar-refractivity contribution in [2.75, 3.05) is 0 Å². The van der Waals surface area contributed by atoms with E-state index in [-0.39, 0.29) is 24.2 Å². The van der Waals surface area contributed by atoms with Crippen molar-refractivity contribution in [3.05, 3.63) is 84.3 Å². The highest BCUT2D eigenvalue weighted by atomic mass is 14.1. The van der Waals surface area contributed by atoms with E-state index in [1.54, 1.807) is 6.92 Å². The molecule has 0 aliphatic rings. The first-order chi connectivity index (χ1) is 12.0. The Morgan fingerprint density at radius 2 is 1.33 bits per heavy atom. The standard InChI is InChI=1S/C21H16/c1-15-10-12-16(13-11-15)21-14-17-6-2-3-7-18(17)19-8-4-5-9-20(19)21/h2-14H,1H3/i10D,11D,12D,13D. The maximum atomic E-state index is 8.40. The van der Waals surface area contributed by atoms with Gasteiger partial charge in [0.25, 0.3) is 0 Å². The van der Waals surface area contributed by atoms with E-state index in [1.165, 1.54) is 0 Å². The third kappa shape index (κ3) is 2.00. The second kappa shape index (κ2) is 4.75. The number of fused-ring (bicyclic) bond motifs is 3. The van der Waals surface area contributed by atoms with Crippen LogP contribution in [0.3, 0.4) is 0 Å². The van der Waals surface area contributed by atoms with Crippen molar-refractivity contribution in [3.8, 4) is 11.1 Å². The smallest absolute Gasteiger partial charge is 0.0616 e. The molecule has 4 aromatic rings. The fourth-order valence-corrected chi connectivity index (χ4v) is 2.77. The summed E-state index contributed by atoms with van der Waals surface area (Å²) in [7, 11) is 0. The van der Waals surface area contributed by atoms with Crippen LogP contribution in [0.5, 0.6) is 0 Å². The lowest BCUT2D eigenvalue weighted by atomic mass is 9.93. The van der Waals surface area contributed by atoms with Crippen LogP contribution in [0.2, 0.25) is 0 Å². The molecule has 0 spiro atoms. The van der Waals surface area contributed by atoms with Gasteiger partial charge in [-0.3, -0.25) is 0 Å². The molecule has 0 bridgehead atoms. The van der Waals surface area contributed by atoms with Crippen molar-refractivity contribution in [1.82, 2.24) is 0 Å². The Morgan fingerprint density at radius 3 is 2.10 bits per heavy atom. The molecule has 0 aromatic heterocycles. The molecule has 100 valence electrons. The van der Waals surface area contributed by atoms with E-state index >= 15 is 0 Å². The van der Waals surface area contributed by atoms with Gasteiger partial charge in [0.1, 0.15) is 0 Å². The van der Waals surface area contributed by atoms with E-state index in [2.05, 4.69) is 6.07 Å². The first-order valence-corrected chi connectivity index (χ1v) is 6.98. The Labute approximate surface area is 130 Å². The number of rotatable bonds is 1. The van der Waals surface area contributed by atoms with Crippen molar-refractivity contribution in [1.29, 1.82) is 0 Å². The van der Waals surface area contributed by atoms with Gasteiger partial charge in [-0.1, -0.05) is 78.3 Å². The molecule has 0 radical (unpaired) electrons. The van der Waals surface area contributed by atoms with Gasteiger partial charge >= 0.3 is 0 Å². The normalized spacial score (nSPS) is 13.8. The van der Waals surface area contributed by atoms with Crippen LogP contribution in [-0.2, 0) is 0 Å². The maximum Gasteiger partial charge on any atom is 0.0629 e. The second-order valence-corrected chi connectivity index (χ2v) is 5.19. The third-order valence-corrected chi connectivity index (χ3v) is 3.79. The minimum absolute atomic E-state index is 0.0129. The molecular formula is C21H16. The number of benzene rings is 4. The van der Waals surface area contributed by atoms with E-state index in [0.29, 0.717) is 11.1 Å². The Kier molecular flexibility index (Phi) is 1.95. The van der Waals surface area contributed by atoms with Gasteiger partial charge in [-0.25, -0.2) is 0 Å². The molecule has 0 unspecified atom stereocenters.